The zero-order valence-electron chi connectivity index (χ0n) is 13.3. The van der Waals surface area contributed by atoms with E-state index < -0.39 is 42.7 Å². The number of amides is 1. The van der Waals surface area contributed by atoms with Crippen LogP contribution in [0.1, 0.15) is 17.3 Å². The van der Waals surface area contributed by atoms with Crippen LogP contribution in [0.15, 0.2) is 28.9 Å². The summed E-state index contributed by atoms with van der Waals surface area (Å²) in [5.74, 6) is -1.24. The fourth-order valence-electron chi connectivity index (χ4n) is 2.52. The van der Waals surface area contributed by atoms with Crippen molar-refractivity contribution in [3.05, 3.63) is 34.4 Å². The van der Waals surface area contributed by atoms with Gasteiger partial charge in [0.05, 0.1) is 6.61 Å². The number of carbonyl (C=O) groups excluding carboxylic acids is 2. The van der Waals surface area contributed by atoms with Crippen molar-refractivity contribution in [2.24, 2.45) is 0 Å². The van der Waals surface area contributed by atoms with E-state index in [1.807, 2.05) is 0 Å². The van der Waals surface area contributed by atoms with Gasteiger partial charge in [0, 0.05) is 34.1 Å². The van der Waals surface area contributed by atoms with E-state index in [0.29, 0.717) is 10.9 Å². The summed E-state index contributed by atoms with van der Waals surface area (Å²) in [6, 6.07) is 3.75. The molecule has 2 rings (SSSR count). The Labute approximate surface area is 151 Å². The van der Waals surface area contributed by atoms with Crippen LogP contribution in [-0.2, 0) is 4.79 Å². The summed E-state index contributed by atoms with van der Waals surface area (Å²) < 4.78 is 0.737. The average molecular weight is 415 g/mol. The van der Waals surface area contributed by atoms with Crippen LogP contribution in [0.25, 0.3) is 10.9 Å². The molecule has 1 aromatic carbocycles. The number of aliphatic hydroxyl groups is 4. The summed E-state index contributed by atoms with van der Waals surface area (Å²) in [4.78, 5) is 27.2. The minimum absolute atomic E-state index is 0.208. The maximum absolute atomic E-state index is 12.9. The summed E-state index contributed by atoms with van der Waals surface area (Å²) in [6.07, 6.45) is -3.84. The molecule has 2 aromatic rings. The summed E-state index contributed by atoms with van der Waals surface area (Å²) in [7, 11) is 0. The zero-order valence-corrected chi connectivity index (χ0v) is 14.9. The lowest BCUT2D eigenvalue weighted by molar-refractivity contribution is -0.122. The van der Waals surface area contributed by atoms with Gasteiger partial charge in [-0.25, -0.2) is 0 Å². The molecule has 0 bridgehead atoms. The molecule has 0 aliphatic rings. The maximum Gasteiger partial charge on any atom is 0.217 e. The lowest BCUT2D eigenvalue weighted by Crippen LogP contribution is -2.55. The Morgan fingerprint density at radius 2 is 1.92 bits per heavy atom. The van der Waals surface area contributed by atoms with Crippen LogP contribution in [0.4, 0.5) is 0 Å². The van der Waals surface area contributed by atoms with Crippen molar-refractivity contribution >= 4 is 38.5 Å². The maximum atomic E-state index is 12.9. The molecule has 4 atom stereocenters. The van der Waals surface area contributed by atoms with E-state index in [2.05, 4.69) is 26.2 Å². The topological polar surface area (TPSA) is 143 Å². The lowest BCUT2D eigenvalue weighted by Gasteiger charge is -2.28. The monoisotopic (exact) mass is 414 g/mol. The number of hydrogen-bond donors (Lipinski definition) is 6. The van der Waals surface area contributed by atoms with Crippen molar-refractivity contribution in [3.63, 3.8) is 0 Å². The molecule has 9 heteroatoms. The van der Waals surface area contributed by atoms with Gasteiger partial charge in [0.2, 0.25) is 5.91 Å². The number of hydrogen-bond acceptors (Lipinski definition) is 6. The van der Waals surface area contributed by atoms with E-state index in [1.54, 1.807) is 18.2 Å². The smallest absolute Gasteiger partial charge is 0.217 e. The Kier molecular flexibility index (Phi) is 6.31. The molecule has 1 heterocycles. The summed E-state index contributed by atoms with van der Waals surface area (Å²) in [6.45, 7) is 0.354. The van der Waals surface area contributed by atoms with E-state index in [4.69, 9.17) is 5.11 Å². The van der Waals surface area contributed by atoms with Crippen molar-refractivity contribution in [3.8, 4) is 0 Å². The van der Waals surface area contributed by atoms with Crippen molar-refractivity contribution in [1.82, 2.24) is 10.3 Å². The molecule has 6 N–H and O–H groups in total. The second kappa shape index (κ2) is 8.07. The molecule has 0 radical (unpaired) electrons. The molecule has 8 nitrogen and oxygen atoms in total. The van der Waals surface area contributed by atoms with Gasteiger partial charge < -0.3 is 30.7 Å². The second-order valence-corrected chi connectivity index (χ2v) is 6.58. The van der Waals surface area contributed by atoms with E-state index in [-0.39, 0.29) is 5.56 Å². The molecule has 25 heavy (non-hydrogen) atoms. The van der Waals surface area contributed by atoms with Crippen LogP contribution >= 0.6 is 15.9 Å². The first-order valence-electron chi connectivity index (χ1n) is 7.49. The summed E-state index contributed by atoms with van der Waals surface area (Å²) >= 11 is 3.31. The van der Waals surface area contributed by atoms with Crippen molar-refractivity contribution in [1.29, 1.82) is 0 Å². The van der Waals surface area contributed by atoms with Gasteiger partial charge in [0.1, 0.15) is 24.4 Å². The average Bonchev–Trinajstić information content (AvgIpc) is 2.99. The first-order chi connectivity index (χ1) is 11.8. The molecular formula is C16H19BrN2O6. The molecule has 1 amide bonds. The zero-order chi connectivity index (χ0) is 18.7. The van der Waals surface area contributed by atoms with E-state index in [0.717, 1.165) is 11.4 Å². The quantitative estimate of drug-likeness (QED) is 0.343. The molecule has 1 aromatic heterocycles. The highest BCUT2D eigenvalue weighted by Gasteiger charge is 2.37. The standard InChI is InChI=1S/C16H19BrN2O6/c1-7(21)19-13(16(25)15(24)12(22)6-20)14(23)10-5-18-11-3-2-8(17)4-9(10)11/h2-5,12-13,15-16,18,20,22,24-25H,6H2,1H3,(H,19,21)/t12-,13+,15-,16-/m1/s1. The minimum atomic E-state index is -1.82. The van der Waals surface area contributed by atoms with Crippen LogP contribution in [0, 0.1) is 0 Å². The van der Waals surface area contributed by atoms with Crippen molar-refractivity contribution in [2.75, 3.05) is 6.61 Å². The summed E-state index contributed by atoms with van der Waals surface area (Å²) in [5, 5.41) is 41.4. The number of nitrogens with one attached hydrogen (secondary N) is 2. The van der Waals surface area contributed by atoms with Crippen LogP contribution in [0.2, 0.25) is 0 Å². The van der Waals surface area contributed by atoms with Gasteiger partial charge in [0.25, 0.3) is 0 Å². The SMILES string of the molecule is CC(=O)N[C@@H](C(=O)c1c[nH]c2ccc(Br)cc12)[C@@H](O)[C@H](O)[C@H](O)CO. The first kappa shape index (κ1) is 19.5. The molecule has 0 aliphatic carbocycles. The second-order valence-electron chi connectivity index (χ2n) is 5.67. The fourth-order valence-corrected chi connectivity index (χ4v) is 2.88. The van der Waals surface area contributed by atoms with Gasteiger partial charge in [0.15, 0.2) is 5.78 Å². The van der Waals surface area contributed by atoms with Gasteiger partial charge in [-0.1, -0.05) is 15.9 Å². The number of carbonyl (C=O) groups is 2. The third-order valence-electron chi connectivity index (χ3n) is 3.82. The lowest BCUT2D eigenvalue weighted by atomic mass is 9.94. The van der Waals surface area contributed by atoms with Gasteiger partial charge in [-0.2, -0.15) is 0 Å². The molecule has 0 saturated carbocycles. The number of H-pyrrole nitrogens is 1. The Bertz CT molecular complexity index is 777. The summed E-state index contributed by atoms with van der Waals surface area (Å²) in [5.41, 5.74) is 0.887. The fraction of sp³-hybridized carbons (Fsp3) is 0.375. The number of fused-ring (bicyclic) bond motifs is 1. The number of Topliss-reactive ketones (excluding diaryl/α,β-unsaturated/α-hetero) is 1. The highest BCUT2D eigenvalue weighted by molar-refractivity contribution is 9.10. The van der Waals surface area contributed by atoms with Crippen LogP contribution in [0.5, 0.6) is 0 Å². The highest BCUT2D eigenvalue weighted by Crippen LogP contribution is 2.24. The number of benzene rings is 1. The molecule has 0 saturated heterocycles. The van der Waals surface area contributed by atoms with E-state index in [1.165, 1.54) is 6.20 Å². The Morgan fingerprint density at radius 1 is 1.24 bits per heavy atom. The molecule has 0 aliphatic heterocycles. The van der Waals surface area contributed by atoms with Crippen molar-refractivity contribution in [2.45, 2.75) is 31.3 Å². The third-order valence-corrected chi connectivity index (χ3v) is 4.32. The number of aromatic amines is 1. The van der Waals surface area contributed by atoms with Gasteiger partial charge in [-0.05, 0) is 18.2 Å². The number of halogens is 1. The van der Waals surface area contributed by atoms with Gasteiger partial charge >= 0.3 is 0 Å². The molecule has 136 valence electrons. The number of rotatable bonds is 7. The normalized spacial score (nSPS) is 16.2. The molecule has 0 unspecified atom stereocenters. The third kappa shape index (κ3) is 4.25. The van der Waals surface area contributed by atoms with Crippen LogP contribution in [-0.4, -0.2) is 68.1 Å². The van der Waals surface area contributed by atoms with E-state index >= 15 is 0 Å². The van der Waals surface area contributed by atoms with Gasteiger partial charge in [-0.3, -0.25) is 9.59 Å². The number of ketones is 1. The van der Waals surface area contributed by atoms with Crippen LogP contribution < -0.4 is 5.32 Å². The van der Waals surface area contributed by atoms with Crippen LogP contribution in [0.3, 0.4) is 0 Å². The number of aliphatic hydroxyl groups excluding tert-OH is 4. The first-order valence-corrected chi connectivity index (χ1v) is 8.28. The largest absolute Gasteiger partial charge is 0.394 e. The van der Waals surface area contributed by atoms with Crippen molar-refractivity contribution < 1.29 is 30.0 Å². The Morgan fingerprint density at radius 3 is 2.52 bits per heavy atom. The predicted octanol–water partition coefficient (Wildman–Crippen LogP) is -0.307. The Balaban J connectivity index is 2.40. The number of aromatic nitrogens is 1. The molecule has 0 spiro atoms. The predicted molar refractivity (Wildman–Crippen MR) is 93.0 cm³/mol. The minimum Gasteiger partial charge on any atom is -0.394 e. The van der Waals surface area contributed by atoms with Gasteiger partial charge in [-0.15, -0.1) is 0 Å². The van der Waals surface area contributed by atoms with E-state index in [9.17, 15) is 24.9 Å². The molecule has 0 fully saturated rings. The highest BCUT2D eigenvalue weighted by atomic mass is 79.9. The molecular weight excluding hydrogens is 396 g/mol. The Hall–Kier alpha value is -1.78.